The van der Waals surface area contributed by atoms with Gasteiger partial charge in [0.25, 0.3) is 0 Å². The molecular formula is C14H21ClO4. The predicted molar refractivity (Wildman–Crippen MR) is 72.8 cm³/mol. The zero-order chi connectivity index (χ0) is 13.8. The molecule has 0 aromatic heterocycles. The Morgan fingerprint density at radius 3 is 3.00 bits per heavy atom. The van der Waals surface area contributed by atoms with E-state index in [-0.39, 0.29) is 18.9 Å². The maximum Gasteiger partial charge on any atom is 0.305 e. The average molecular weight is 289 g/mol. The van der Waals surface area contributed by atoms with Gasteiger partial charge >= 0.3 is 5.97 Å². The van der Waals surface area contributed by atoms with Crippen molar-refractivity contribution in [1.29, 1.82) is 0 Å². The Kier molecular flexibility index (Phi) is 9.52. The van der Waals surface area contributed by atoms with Gasteiger partial charge in [-0.05, 0) is 25.7 Å². The molecular weight excluding hydrogens is 268 g/mol. The summed E-state index contributed by atoms with van der Waals surface area (Å²) in [5.74, 6) is 6.02. The lowest BCUT2D eigenvalue weighted by Gasteiger charge is -2.21. The summed E-state index contributed by atoms with van der Waals surface area (Å²) in [6.45, 7) is 1.45. The summed E-state index contributed by atoms with van der Waals surface area (Å²) in [6, 6.07) is 0. The molecule has 1 aliphatic rings. The van der Waals surface area contributed by atoms with Gasteiger partial charge < -0.3 is 14.2 Å². The highest BCUT2D eigenvalue weighted by molar-refractivity contribution is 6.18. The molecule has 0 aliphatic carbocycles. The molecule has 0 N–H and O–H groups in total. The molecule has 108 valence electrons. The number of rotatable bonds is 7. The Morgan fingerprint density at radius 1 is 1.37 bits per heavy atom. The molecule has 1 aliphatic heterocycles. The average Bonchev–Trinajstić information content (AvgIpc) is 2.45. The minimum absolute atomic E-state index is 0.0893. The van der Waals surface area contributed by atoms with Crippen LogP contribution in [0, 0.1) is 11.8 Å². The Morgan fingerprint density at radius 2 is 2.26 bits per heavy atom. The number of carbonyl (C=O) groups is 1. The van der Waals surface area contributed by atoms with E-state index in [2.05, 4.69) is 11.8 Å². The van der Waals surface area contributed by atoms with Crippen molar-refractivity contribution in [3.63, 3.8) is 0 Å². The van der Waals surface area contributed by atoms with E-state index >= 15 is 0 Å². The van der Waals surface area contributed by atoms with E-state index in [9.17, 15) is 4.79 Å². The van der Waals surface area contributed by atoms with Crippen molar-refractivity contribution in [3.05, 3.63) is 0 Å². The van der Waals surface area contributed by atoms with Crippen LogP contribution in [0.4, 0.5) is 0 Å². The van der Waals surface area contributed by atoms with E-state index in [1.807, 2.05) is 0 Å². The van der Waals surface area contributed by atoms with Gasteiger partial charge in [0.15, 0.2) is 6.29 Å². The smallest absolute Gasteiger partial charge is 0.305 e. The maximum atomic E-state index is 11.1. The molecule has 1 heterocycles. The van der Waals surface area contributed by atoms with Gasteiger partial charge in [0.1, 0.15) is 13.2 Å². The van der Waals surface area contributed by atoms with Crippen LogP contribution in [0.15, 0.2) is 0 Å². The van der Waals surface area contributed by atoms with E-state index in [1.54, 1.807) is 0 Å². The van der Waals surface area contributed by atoms with E-state index in [4.69, 9.17) is 25.8 Å². The summed E-state index contributed by atoms with van der Waals surface area (Å²) in [5, 5.41) is 0. The Labute approximate surface area is 119 Å². The number of carbonyl (C=O) groups excluding carboxylic acids is 1. The second-order valence-electron chi connectivity index (χ2n) is 4.22. The molecule has 5 heteroatoms. The van der Waals surface area contributed by atoms with Crippen LogP contribution in [0.1, 0.15) is 38.5 Å². The van der Waals surface area contributed by atoms with Gasteiger partial charge in [0, 0.05) is 19.4 Å². The van der Waals surface area contributed by atoms with E-state index in [0.29, 0.717) is 31.7 Å². The largest absolute Gasteiger partial charge is 0.464 e. The van der Waals surface area contributed by atoms with Crippen LogP contribution in [-0.4, -0.2) is 38.0 Å². The predicted octanol–water partition coefficient (Wildman–Crippen LogP) is 2.49. The maximum absolute atomic E-state index is 11.1. The third-order valence-electron chi connectivity index (χ3n) is 2.63. The first-order valence-electron chi connectivity index (χ1n) is 6.73. The van der Waals surface area contributed by atoms with Crippen LogP contribution in [0.2, 0.25) is 0 Å². The minimum atomic E-state index is -0.214. The number of hydrogen-bond donors (Lipinski definition) is 0. The molecule has 0 saturated carbocycles. The fourth-order valence-corrected chi connectivity index (χ4v) is 1.74. The monoisotopic (exact) mass is 288 g/mol. The van der Waals surface area contributed by atoms with Crippen LogP contribution < -0.4 is 0 Å². The molecule has 0 bridgehead atoms. The first kappa shape index (κ1) is 16.3. The fourth-order valence-electron chi connectivity index (χ4n) is 1.66. The minimum Gasteiger partial charge on any atom is -0.464 e. The highest BCUT2D eigenvalue weighted by atomic mass is 35.5. The Bertz CT molecular complexity index is 302. The lowest BCUT2D eigenvalue weighted by Crippen LogP contribution is -2.22. The summed E-state index contributed by atoms with van der Waals surface area (Å²) in [4.78, 5) is 11.1. The lowest BCUT2D eigenvalue weighted by molar-refractivity contribution is -0.154. The van der Waals surface area contributed by atoms with Crippen LogP contribution >= 0.6 is 11.6 Å². The van der Waals surface area contributed by atoms with E-state index in [1.165, 1.54) is 0 Å². The van der Waals surface area contributed by atoms with Gasteiger partial charge in [-0.2, -0.15) is 0 Å². The summed E-state index contributed by atoms with van der Waals surface area (Å²) in [6.07, 6.45) is 4.90. The fraction of sp³-hybridized carbons (Fsp3) is 0.786. The SMILES string of the molecule is O=C(CCCC#CCOC1CCCCO1)OCCCl. The van der Waals surface area contributed by atoms with E-state index < -0.39 is 0 Å². The Balaban J connectivity index is 1.94. The molecule has 19 heavy (non-hydrogen) atoms. The van der Waals surface area contributed by atoms with Gasteiger partial charge in [-0.3, -0.25) is 4.79 Å². The summed E-state index contributed by atoms with van der Waals surface area (Å²) >= 11 is 5.40. The van der Waals surface area contributed by atoms with E-state index in [0.717, 1.165) is 25.9 Å². The van der Waals surface area contributed by atoms with Crippen molar-refractivity contribution < 1.29 is 19.0 Å². The zero-order valence-corrected chi connectivity index (χ0v) is 11.9. The number of ether oxygens (including phenoxy) is 3. The second-order valence-corrected chi connectivity index (χ2v) is 4.60. The van der Waals surface area contributed by atoms with Crippen molar-refractivity contribution in [2.45, 2.75) is 44.8 Å². The molecule has 1 atom stereocenters. The summed E-state index contributed by atoms with van der Waals surface area (Å²) in [7, 11) is 0. The van der Waals surface area contributed by atoms with Gasteiger partial charge in [-0.15, -0.1) is 17.5 Å². The first-order valence-corrected chi connectivity index (χ1v) is 7.27. The lowest BCUT2D eigenvalue weighted by atomic mass is 10.2. The number of hydrogen-bond acceptors (Lipinski definition) is 4. The molecule has 0 aromatic rings. The van der Waals surface area contributed by atoms with Crippen molar-refractivity contribution >= 4 is 17.6 Å². The van der Waals surface area contributed by atoms with Crippen LogP contribution in [-0.2, 0) is 19.0 Å². The molecule has 1 saturated heterocycles. The molecule has 0 aromatic carbocycles. The third kappa shape index (κ3) is 8.88. The van der Waals surface area contributed by atoms with Crippen molar-refractivity contribution in [1.82, 2.24) is 0 Å². The number of alkyl halides is 1. The summed E-state index contributed by atoms with van der Waals surface area (Å²) in [5.41, 5.74) is 0. The van der Waals surface area contributed by atoms with Crippen molar-refractivity contribution in [2.75, 3.05) is 25.7 Å². The second kappa shape index (κ2) is 11.1. The topological polar surface area (TPSA) is 44.8 Å². The van der Waals surface area contributed by atoms with Gasteiger partial charge in [0.05, 0.1) is 5.88 Å². The van der Waals surface area contributed by atoms with Gasteiger partial charge in [-0.1, -0.05) is 5.92 Å². The van der Waals surface area contributed by atoms with Crippen LogP contribution in [0.3, 0.4) is 0 Å². The Hall–Kier alpha value is -0.760. The van der Waals surface area contributed by atoms with Gasteiger partial charge in [-0.25, -0.2) is 0 Å². The molecule has 1 rings (SSSR count). The van der Waals surface area contributed by atoms with Crippen LogP contribution in [0.25, 0.3) is 0 Å². The molecule has 1 unspecified atom stereocenters. The standard InChI is InChI=1S/C14H21ClO4/c15-9-12-17-13(16)7-3-1-2-5-10-18-14-8-4-6-11-19-14/h14H,1,3-4,6-12H2. The molecule has 1 fully saturated rings. The number of esters is 1. The molecule has 0 radical (unpaired) electrons. The zero-order valence-electron chi connectivity index (χ0n) is 11.2. The van der Waals surface area contributed by atoms with Gasteiger partial charge in [0.2, 0.25) is 0 Å². The van der Waals surface area contributed by atoms with Crippen molar-refractivity contribution in [3.8, 4) is 11.8 Å². The normalized spacial score (nSPS) is 18.5. The first-order chi connectivity index (χ1) is 9.33. The third-order valence-corrected chi connectivity index (χ3v) is 2.78. The molecule has 4 nitrogen and oxygen atoms in total. The number of halogens is 1. The quantitative estimate of drug-likeness (QED) is 0.312. The highest BCUT2D eigenvalue weighted by Crippen LogP contribution is 2.13. The molecule has 0 spiro atoms. The number of unbranched alkanes of at least 4 members (excludes halogenated alkanes) is 1. The summed E-state index contributed by atoms with van der Waals surface area (Å²) < 4.78 is 15.7. The molecule has 0 amide bonds. The van der Waals surface area contributed by atoms with Crippen LogP contribution in [0.5, 0.6) is 0 Å². The highest BCUT2D eigenvalue weighted by Gasteiger charge is 2.12. The van der Waals surface area contributed by atoms with Crippen molar-refractivity contribution in [2.24, 2.45) is 0 Å².